The van der Waals surface area contributed by atoms with E-state index in [0.29, 0.717) is 16.4 Å². The highest BCUT2D eigenvalue weighted by molar-refractivity contribution is 7.14. The highest BCUT2D eigenvalue weighted by Crippen LogP contribution is 2.27. The maximum atomic E-state index is 12.2. The van der Waals surface area contributed by atoms with E-state index >= 15 is 0 Å². The van der Waals surface area contributed by atoms with Gasteiger partial charge in [-0.3, -0.25) is 15.6 Å². The number of ether oxygens (including phenoxy) is 1. The molecule has 0 spiro atoms. The number of anilines is 1. The normalized spacial score (nSPS) is 10.4. The number of aromatic nitrogens is 1. The van der Waals surface area contributed by atoms with Crippen LogP contribution in [0.3, 0.4) is 0 Å². The van der Waals surface area contributed by atoms with E-state index in [9.17, 15) is 4.79 Å². The molecule has 144 valence electrons. The predicted molar refractivity (Wildman–Crippen MR) is 117 cm³/mol. The monoisotopic (exact) mass is 401 g/mol. The van der Waals surface area contributed by atoms with E-state index in [4.69, 9.17) is 4.74 Å². The second-order valence-corrected chi connectivity index (χ2v) is 7.15. The van der Waals surface area contributed by atoms with Gasteiger partial charge >= 0.3 is 0 Å². The summed E-state index contributed by atoms with van der Waals surface area (Å²) in [6.45, 7) is 0. The summed E-state index contributed by atoms with van der Waals surface area (Å²) in [7, 11) is 1.59. The molecule has 5 nitrogen and oxygen atoms in total. The number of carbonyl (C=O) groups excluding carboxylic acids is 1. The number of methoxy groups -OCH3 is 1. The molecule has 0 saturated heterocycles. The minimum Gasteiger partial charge on any atom is -0.497 e. The Morgan fingerprint density at radius 1 is 0.862 bits per heavy atom. The SMILES string of the molecule is COc1ccc(C(=O)NNc2nc(-c3ccc(-c4ccccc4)cc3)cs2)cc1. The third-order valence-corrected chi connectivity index (χ3v) is 5.18. The molecule has 0 aliphatic rings. The molecule has 1 amide bonds. The van der Waals surface area contributed by atoms with Gasteiger partial charge in [0.2, 0.25) is 5.13 Å². The molecular weight excluding hydrogens is 382 g/mol. The lowest BCUT2D eigenvalue weighted by atomic mass is 10.0. The first-order valence-corrected chi connectivity index (χ1v) is 9.93. The first-order valence-electron chi connectivity index (χ1n) is 9.05. The minimum absolute atomic E-state index is 0.239. The van der Waals surface area contributed by atoms with Gasteiger partial charge in [0.1, 0.15) is 5.75 Å². The molecule has 0 unspecified atom stereocenters. The summed E-state index contributed by atoms with van der Waals surface area (Å²) < 4.78 is 5.10. The van der Waals surface area contributed by atoms with Crippen LogP contribution in [0.5, 0.6) is 5.75 Å². The second kappa shape index (κ2) is 8.58. The third-order valence-electron chi connectivity index (χ3n) is 4.43. The minimum atomic E-state index is -0.239. The van der Waals surface area contributed by atoms with E-state index in [1.807, 2.05) is 23.6 Å². The standard InChI is InChI=1S/C23H19N3O2S/c1-28-20-13-11-19(12-14-20)22(27)25-26-23-24-21(15-29-23)18-9-7-17(8-10-18)16-5-3-2-4-6-16/h2-15H,1H3,(H,24,26)(H,25,27). The maximum absolute atomic E-state index is 12.2. The van der Waals surface area contributed by atoms with Crippen LogP contribution in [0.15, 0.2) is 84.2 Å². The molecule has 0 bridgehead atoms. The van der Waals surface area contributed by atoms with E-state index in [0.717, 1.165) is 16.8 Å². The second-order valence-electron chi connectivity index (χ2n) is 6.29. The zero-order chi connectivity index (χ0) is 20.1. The van der Waals surface area contributed by atoms with E-state index < -0.39 is 0 Å². The Morgan fingerprint density at radius 2 is 1.52 bits per heavy atom. The van der Waals surface area contributed by atoms with Crippen molar-refractivity contribution in [3.05, 3.63) is 89.8 Å². The summed E-state index contributed by atoms with van der Waals surface area (Å²) >= 11 is 1.43. The lowest BCUT2D eigenvalue weighted by molar-refractivity contribution is 0.0962. The third kappa shape index (κ3) is 4.44. The first-order chi connectivity index (χ1) is 14.2. The Hall–Kier alpha value is -3.64. The molecule has 6 heteroatoms. The zero-order valence-corrected chi connectivity index (χ0v) is 16.6. The molecule has 0 radical (unpaired) electrons. The Kier molecular flexibility index (Phi) is 5.54. The molecule has 4 rings (SSSR count). The fraction of sp³-hybridized carbons (Fsp3) is 0.0435. The number of nitrogens with one attached hydrogen (secondary N) is 2. The van der Waals surface area contributed by atoms with Gasteiger partial charge in [0.15, 0.2) is 0 Å². The van der Waals surface area contributed by atoms with Gasteiger partial charge in [0.25, 0.3) is 5.91 Å². The topological polar surface area (TPSA) is 63.2 Å². The van der Waals surface area contributed by atoms with E-state index in [2.05, 4.69) is 52.2 Å². The number of hydrogen-bond donors (Lipinski definition) is 2. The van der Waals surface area contributed by atoms with Gasteiger partial charge in [0, 0.05) is 16.5 Å². The average molecular weight is 401 g/mol. The number of thiazole rings is 1. The molecule has 0 saturated carbocycles. The summed E-state index contributed by atoms with van der Waals surface area (Å²) in [4.78, 5) is 16.8. The molecule has 0 fully saturated rings. The smallest absolute Gasteiger partial charge is 0.269 e. The van der Waals surface area contributed by atoms with Crippen molar-refractivity contribution in [2.45, 2.75) is 0 Å². The summed E-state index contributed by atoms with van der Waals surface area (Å²) in [6, 6.07) is 25.4. The van der Waals surface area contributed by atoms with Crippen molar-refractivity contribution >= 4 is 22.4 Å². The van der Waals surface area contributed by atoms with Crippen molar-refractivity contribution in [2.75, 3.05) is 12.5 Å². The fourth-order valence-electron chi connectivity index (χ4n) is 2.85. The maximum Gasteiger partial charge on any atom is 0.269 e. The van der Waals surface area contributed by atoms with Crippen LogP contribution in [-0.2, 0) is 0 Å². The molecule has 2 N–H and O–H groups in total. The Bertz CT molecular complexity index is 1090. The highest BCUT2D eigenvalue weighted by atomic mass is 32.1. The summed E-state index contributed by atoms with van der Waals surface area (Å²) in [5.41, 5.74) is 10.3. The molecule has 0 aliphatic carbocycles. The van der Waals surface area contributed by atoms with Gasteiger partial charge < -0.3 is 4.74 Å². The van der Waals surface area contributed by atoms with E-state index in [1.54, 1.807) is 31.4 Å². The van der Waals surface area contributed by atoms with Gasteiger partial charge in [-0.15, -0.1) is 11.3 Å². The zero-order valence-electron chi connectivity index (χ0n) is 15.8. The van der Waals surface area contributed by atoms with Gasteiger partial charge in [-0.2, -0.15) is 0 Å². The van der Waals surface area contributed by atoms with Crippen LogP contribution in [-0.4, -0.2) is 18.0 Å². The predicted octanol–water partition coefficient (Wildman–Crippen LogP) is 5.24. The number of carbonyl (C=O) groups is 1. The van der Waals surface area contributed by atoms with Gasteiger partial charge in [-0.1, -0.05) is 54.6 Å². The molecular formula is C23H19N3O2S. The van der Waals surface area contributed by atoms with E-state index in [1.165, 1.54) is 16.9 Å². The number of hydrazine groups is 1. The molecule has 1 heterocycles. The molecule has 29 heavy (non-hydrogen) atoms. The van der Waals surface area contributed by atoms with Crippen molar-refractivity contribution in [3.63, 3.8) is 0 Å². The van der Waals surface area contributed by atoms with Crippen LogP contribution in [0.4, 0.5) is 5.13 Å². The highest BCUT2D eigenvalue weighted by Gasteiger charge is 2.08. The Balaban J connectivity index is 1.39. The van der Waals surface area contributed by atoms with Crippen LogP contribution in [0, 0.1) is 0 Å². The molecule has 0 aliphatic heterocycles. The van der Waals surface area contributed by atoms with Crippen molar-refractivity contribution in [2.24, 2.45) is 0 Å². The van der Waals surface area contributed by atoms with Crippen LogP contribution in [0.2, 0.25) is 0 Å². The summed E-state index contributed by atoms with van der Waals surface area (Å²) in [5.74, 6) is 0.467. The van der Waals surface area contributed by atoms with Crippen LogP contribution >= 0.6 is 11.3 Å². The van der Waals surface area contributed by atoms with Gasteiger partial charge in [-0.05, 0) is 35.4 Å². The average Bonchev–Trinajstić information content (AvgIpc) is 3.27. The Morgan fingerprint density at radius 3 is 2.21 bits per heavy atom. The van der Waals surface area contributed by atoms with Crippen molar-refractivity contribution in [3.8, 4) is 28.1 Å². The molecule has 0 atom stereocenters. The number of rotatable bonds is 6. The summed E-state index contributed by atoms with van der Waals surface area (Å²) in [5, 5.41) is 2.58. The molecule has 3 aromatic carbocycles. The molecule has 1 aromatic heterocycles. The van der Waals surface area contributed by atoms with Crippen LogP contribution in [0.25, 0.3) is 22.4 Å². The number of hydrogen-bond acceptors (Lipinski definition) is 5. The van der Waals surface area contributed by atoms with Crippen molar-refractivity contribution in [1.82, 2.24) is 10.4 Å². The van der Waals surface area contributed by atoms with Crippen molar-refractivity contribution < 1.29 is 9.53 Å². The van der Waals surface area contributed by atoms with Crippen molar-refractivity contribution in [1.29, 1.82) is 0 Å². The largest absolute Gasteiger partial charge is 0.497 e. The van der Waals surface area contributed by atoms with Crippen LogP contribution < -0.4 is 15.6 Å². The Labute approximate surface area is 173 Å². The number of benzene rings is 3. The number of nitrogens with zero attached hydrogens (tertiary/aromatic N) is 1. The molecule has 4 aromatic rings. The fourth-order valence-corrected chi connectivity index (χ4v) is 3.53. The van der Waals surface area contributed by atoms with Crippen LogP contribution in [0.1, 0.15) is 10.4 Å². The first kappa shape index (κ1) is 18.7. The lowest BCUT2D eigenvalue weighted by Crippen LogP contribution is -2.29. The number of amides is 1. The lowest BCUT2D eigenvalue weighted by Gasteiger charge is -2.06. The summed E-state index contributed by atoms with van der Waals surface area (Å²) in [6.07, 6.45) is 0. The van der Waals surface area contributed by atoms with Gasteiger partial charge in [0.05, 0.1) is 12.8 Å². The van der Waals surface area contributed by atoms with Gasteiger partial charge in [-0.25, -0.2) is 4.98 Å². The quantitative estimate of drug-likeness (QED) is 0.434. The van der Waals surface area contributed by atoms with E-state index in [-0.39, 0.29) is 5.91 Å².